The van der Waals surface area contributed by atoms with Gasteiger partial charge in [-0.25, -0.2) is 0 Å². The number of aldehydes is 1. The van der Waals surface area contributed by atoms with E-state index >= 15 is 0 Å². The fourth-order valence-electron chi connectivity index (χ4n) is 2.40. The SMILES string of the molecule is O=Cc1ccc(N2CCN(c3ccccc3)CC2)s1. The number of anilines is 2. The van der Waals surface area contributed by atoms with Gasteiger partial charge in [-0.3, -0.25) is 4.79 Å². The normalized spacial score (nSPS) is 15.6. The number of para-hydroxylation sites is 1. The molecular formula is C15H16N2OS. The highest BCUT2D eigenvalue weighted by atomic mass is 32.1. The molecule has 0 radical (unpaired) electrons. The van der Waals surface area contributed by atoms with Crippen molar-refractivity contribution in [3.8, 4) is 0 Å². The predicted octanol–water partition coefficient (Wildman–Crippen LogP) is 2.89. The Labute approximate surface area is 117 Å². The molecule has 0 amide bonds. The van der Waals surface area contributed by atoms with E-state index in [2.05, 4.69) is 34.1 Å². The van der Waals surface area contributed by atoms with Gasteiger partial charge in [-0.2, -0.15) is 0 Å². The lowest BCUT2D eigenvalue weighted by molar-refractivity contribution is 0.112. The summed E-state index contributed by atoms with van der Waals surface area (Å²) in [5.74, 6) is 0. The van der Waals surface area contributed by atoms with Gasteiger partial charge in [-0.05, 0) is 24.3 Å². The smallest absolute Gasteiger partial charge is 0.160 e. The molecule has 0 unspecified atom stereocenters. The number of piperazine rings is 1. The number of nitrogens with zero attached hydrogens (tertiary/aromatic N) is 2. The number of hydrogen-bond donors (Lipinski definition) is 0. The summed E-state index contributed by atoms with van der Waals surface area (Å²) in [6.07, 6.45) is 0.925. The zero-order chi connectivity index (χ0) is 13.1. The van der Waals surface area contributed by atoms with E-state index in [0.29, 0.717) is 0 Å². The fraction of sp³-hybridized carbons (Fsp3) is 0.267. The minimum atomic E-state index is 0.806. The first kappa shape index (κ1) is 12.2. The molecule has 0 spiro atoms. The van der Waals surface area contributed by atoms with Gasteiger partial charge in [-0.1, -0.05) is 18.2 Å². The Morgan fingerprint density at radius 3 is 2.21 bits per heavy atom. The molecule has 0 aliphatic carbocycles. The number of rotatable bonds is 3. The highest BCUT2D eigenvalue weighted by molar-refractivity contribution is 7.17. The number of carbonyl (C=O) groups is 1. The van der Waals surface area contributed by atoms with E-state index in [9.17, 15) is 4.79 Å². The van der Waals surface area contributed by atoms with Gasteiger partial charge in [0.15, 0.2) is 6.29 Å². The quantitative estimate of drug-likeness (QED) is 0.803. The average molecular weight is 272 g/mol. The van der Waals surface area contributed by atoms with Crippen LogP contribution in [0.2, 0.25) is 0 Å². The first-order valence-electron chi connectivity index (χ1n) is 6.47. The molecule has 0 atom stereocenters. The van der Waals surface area contributed by atoms with Crippen LogP contribution in [0.15, 0.2) is 42.5 Å². The minimum absolute atomic E-state index is 0.806. The molecule has 1 aromatic heterocycles. The zero-order valence-corrected chi connectivity index (χ0v) is 11.5. The molecule has 1 aliphatic heterocycles. The van der Waals surface area contributed by atoms with E-state index in [0.717, 1.165) is 37.3 Å². The third-order valence-electron chi connectivity index (χ3n) is 3.44. The maximum absolute atomic E-state index is 10.7. The third-order valence-corrected chi connectivity index (χ3v) is 4.51. The lowest BCUT2D eigenvalue weighted by Crippen LogP contribution is -2.46. The van der Waals surface area contributed by atoms with Crippen LogP contribution in [0.25, 0.3) is 0 Å². The van der Waals surface area contributed by atoms with Crippen molar-refractivity contribution in [2.24, 2.45) is 0 Å². The molecule has 3 rings (SSSR count). The van der Waals surface area contributed by atoms with Crippen LogP contribution in [0, 0.1) is 0 Å². The van der Waals surface area contributed by atoms with Crippen LogP contribution >= 0.6 is 11.3 Å². The Kier molecular flexibility index (Phi) is 3.51. The summed E-state index contributed by atoms with van der Waals surface area (Å²) >= 11 is 1.58. The van der Waals surface area contributed by atoms with Crippen molar-refractivity contribution in [3.05, 3.63) is 47.3 Å². The summed E-state index contributed by atoms with van der Waals surface area (Å²) in [5.41, 5.74) is 1.29. The second-order valence-corrected chi connectivity index (χ2v) is 5.70. The van der Waals surface area contributed by atoms with E-state index in [1.54, 1.807) is 11.3 Å². The van der Waals surface area contributed by atoms with Gasteiger partial charge in [0.05, 0.1) is 9.88 Å². The van der Waals surface area contributed by atoms with Crippen LogP contribution in [0.1, 0.15) is 9.67 Å². The fourth-order valence-corrected chi connectivity index (χ4v) is 3.27. The van der Waals surface area contributed by atoms with Crippen LogP contribution in [0.5, 0.6) is 0 Å². The Balaban J connectivity index is 1.65. The van der Waals surface area contributed by atoms with Gasteiger partial charge in [0.25, 0.3) is 0 Å². The van der Waals surface area contributed by atoms with Gasteiger partial charge in [0.1, 0.15) is 0 Å². The number of benzene rings is 1. The molecule has 2 heterocycles. The molecule has 0 N–H and O–H groups in total. The topological polar surface area (TPSA) is 23.6 Å². The van der Waals surface area contributed by atoms with Crippen molar-refractivity contribution >= 4 is 28.3 Å². The van der Waals surface area contributed by atoms with Gasteiger partial charge in [0.2, 0.25) is 0 Å². The second-order valence-electron chi connectivity index (χ2n) is 4.60. The zero-order valence-electron chi connectivity index (χ0n) is 10.7. The van der Waals surface area contributed by atoms with E-state index in [4.69, 9.17) is 0 Å². The van der Waals surface area contributed by atoms with Gasteiger partial charge < -0.3 is 9.80 Å². The highest BCUT2D eigenvalue weighted by Gasteiger charge is 2.18. The molecule has 2 aromatic rings. The number of hydrogen-bond acceptors (Lipinski definition) is 4. The number of carbonyl (C=O) groups excluding carboxylic acids is 1. The Bertz CT molecular complexity index is 544. The number of thiophene rings is 1. The molecule has 98 valence electrons. The molecule has 1 aromatic carbocycles. The van der Waals surface area contributed by atoms with Crippen LogP contribution < -0.4 is 9.80 Å². The second kappa shape index (κ2) is 5.45. The van der Waals surface area contributed by atoms with Crippen LogP contribution in [0.4, 0.5) is 10.7 Å². The maximum atomic E-state index is 10.7. The predicted molar refractivity (Wildman–Crippen MR) is 80.6 cm³/mol. The van der Waals surface area contributed by atoms with E-state index in [1.807, 2.05) is 18.2 Å². The molecule has 1 saturated heterocycles. The molecule has 0 saturated carbocycles. The highest BCUT2D eigenvalue weighted by Crippen LogP contribution is 2.26. The molecule has 3 nitrogen and oxygen atoms in total. The van der Waals surface area contributed by atoms with E-state index in [1.165, 1.54) is 10.7 Å². The summed E-state index contributed by atoms with van der Waals surface area (Å²) in [5, 5.41) is 1.20. The summed E-state index contributed by atoms with van der Waals surface area (Å²) < 4.78 is 0. The average Bonchev–Trinajstić information content (AvgIpc) is 2.97. The van der Waals surface area contributed by atoms with Gasteiger partial charge in [-0.15, -0.1) is 11.3 Å². The molecule has 1 aliphatic rings. The Morgan fingerprint density at radius 1 is 0.895 bits per heavy atom. The van der Waals surface area contributed by atoms with Crippen molar-refractivity contribution in [2.45, 2.75) is 0 Å². The van der Waals surface area contributed by atoms with Gasteiger partial charge in [0, 0.05) is 31.9 Å². The molecule has 1 fully saturated rings. The first-order chi connectivity index (χ1) is 9.36. The van der Waals surface area contributed by atoms with Crippen molar-refractivity contribution < 1.29 is 4.79 Å². The summed E-state index contributed by atoms with van der Waals surface area (Å²) in [7, 11) is 0. The summed E-state index contributed by atoms with van der Waals surface area (Å²) in [6.45, 7) is 4.07. The lowest BCUT2D eigenvalue weighted by atomic mass is 10.2. The van der Waals surface area contributed by atoms with Crippen molar-refractivity contribution in [3.63, 3.8) is 0 Å². The van der Waals surface area contributed by atoms with E-state index < -0.39 is 0 Å². The Hall–Kier alpha value is -1.81. The third kappa shape index (κ3) is 2.63. The van der Waals surface area contributed by atoms with Crippen molar-refractivity contribution in [1.29, 1.82) is 0 Å². The lowest BCUT2D eigenvalue weighted by Gasteiger charge is -2.36. The largest absolute Gasteiger partial charge is 0.368 e. The molecule has 0 bridgehead atoms. The summed E-state index contributed by atoms with van der Waals surface area (Å²) in [4.78, 5) is 16.3. The molecular weight excluding hydrogens is 256 g/mol. The summed E-state index contributed by atoms with van der Waals surface area (Å²) in [6, 6.07) is 14.5. The first-order valence-corrected chi connectivity index (χ1v) is 7.28. The maximum Gasteiger partial charge on any atom is 0.160 e. The van der Waals surface area contributed by atoms with E-state index in [-0.39, 0.29) is 0 Å². The Morgan fingerprint density at radius 2 is 1.58 bits per heavy atom. The van der Waals surface area contributed by atoms with Crippen molar-refractivity contribution in [1.82, 2.24) is 0 Å². The molecule has 4 heteroatoms. The molecule has 19 heavy (non-hydrogen) atoms. The monoisotopic (exact) mass is 272 g/mol. The van der Waals surface area contributed by atoms with Crippen molar-refractivity contribution in [2.75, 3.05) is 36.0 Å². The van der Waals surface area contributed by atoms with Crippen LogP contribution in [0.3, 0.4) is 0 Å². The van der Waals surface area contributed by atoms with Gasteiger partial charge >= 0.3 is 0 Å². The standard InChI is InChI=1S/C15H16N2OS/c18-12-14-6-7-15(19-14)17-10-8-16(9-11-17)13-4-2-1-3-5-13/h1-7,12H,8-11H2. The van der Waals surface area contributed by atoms with Crippen LogP contribution in [-0.4, -0.2) is 32.5 Å². The minimum Gasteiger partial charge on any atom is -0.368 e. The van der Waals surface area contributed by atoms with Crippen LogP contribution in [-0.2, 0) is 0 Å².